The second-order valence-electron chi connectivity index (χ2n) is 5.64. The number of amides is 1. The molecule has 0 fully saturated rings. The van der Waals surface area contributed by atoms with Crippen molar-refractivity contribution < 1.29 is 4.79 Å². The van der Waals surface area contributed by atoms with Crippen molar-refractivity contribution in [3.8, 4) is 5.69 Å². The molecule has 0 atom stereocenters. The number of nitrogens with zero attached hydrogens (tertiary/aromatic N) is 4. The van der Waals surface area contributed by atoms with Crippen LogP contribution in [0.5, 0.6) is 0 Å². The number of benzene rings is 2. The summed E-state index contributed by atoms with van der Waals surface area (Å²) in [5.41, 5.74) is 2.51. The van der Waals surface area contributed by atoms with Gasteiger partial charge in [0.2, 0.25) is 5.82 Å². The summed E-state index contributed by atoms with van der Waals surface area (Å²) < 4.78 is 2.57. The van der Waals surface area contributed by atoms with E-state index < -0.39 is 0 Å². The van der Waals surface area contributed by atoms with Gasteiger partial charge in [0.05, 0.1) is 10.7 Å². The van der Waals surface area contributed by atoms with Gasteiger partial charge < -0.3 is 4.90 Å². The van der Waals surface area contributed by atoms with E-state index in [4.69, 9.17) is 11.6 Å². The van der Waals surface area contributed by atoms with Crippen LogP contribution in [0.2, 0.25) is 5.02 Å². The molecule has 1 amide bonds. The SMILES string of the molecule is Cc1cc(N(C)C(=O)c2nc(C)n(-c3ccccc3Cl)n2)ccc1Br. The molecule has 0 saturated heterocycles. The quantitative estimate of drug-likeness (QED) is 0.624. The Kier molecular flexibility index (Phi) is 4.92. The summed E-state index contributed by atoms with van der Waals surface area (Å²) in [5.74, 6) is 0.438. The number of para-hydroxylation sites is 1. The van der Waals surface area contributed by atoms with Crippen LogP contribution in [0.3, 0.4) is 0 Å². The molecular weight excluding hydrogens is 404 g/mol. The number of rotatable bonds is 3. The second-order valence-corrected chi connectivity index (χ2v) is 6.91. The largest absolute Gasteiger partial charge is 0.309 e. The van der Waals surface area contributed by atoms with Gasteiger partial charge in [0, 0.05) is 17.2 Å². The minimum Gasteiger partial charge on any atom is -0.309 e. The number of carbonyl (C=O) groups excluding carboxylic acids is 1. The van der Waals surface area contributed by atoms with Crippen molar-refractivity contribution >= 4 is 39.1 Å². The molecule has 0 saturated carbocycles. The van der Waals surface area contributed by atoms with Gasteiger partial charge in [0.1, 0.15) is 5.82 Å². The highest BCUT2D eigenvalue weighted by atomic mass is 79.9. The van der Waals surface area contributed by atoms with E-state index in [-0.39, 0.29) is 11.7 Å². The van der Waals surface area contributed by atoms with Crippen molar-refractivity contribution in [3.63, 3.8) is 0 Å². The summed E-state index contributed by atoms with van der Waals surface area (Å²) in [5, 5.41) is 4.90. The van der Waals surface area contributed by atoms with Crippen molar-refractivity contribution in [2.75, 3.05) is 11.9 Å². The molecule has 25 heavy (non-hydrogen) atoms. The fraction of sp³-hybridized carbons (Fsp3) is 0.167. The van der Waals surface area contributed by atoms with E-state index in [0.717, 1.165) is 15.7 Å². The van der Waals surface area contributed by atoms with Crippen molar-refractivity contribution in [2.45, 2.75) is 13.8 Å². The fourth-order valence-electron chi connectivity index (χ4n) is 2.44. The average molecular weight is 420 g/mol. The normalized spacial score (nSPS) is 10.8. The fourth-order valence-corrected chi connectivity index (χ4v) is 2.90. The van der Waals surface area contributed by atoms with Crippen molar-refractivity contribution in [1.82, 2.24) is 14.8 Å². The Morgan fingerprint density at radius 3 is 2.60 bits per heavy atom. The van der Waals surface area contributed by atoms with Crippen LogP contribution >= 0.6 is 27.5 Å². The summed E-state index contributed by atoms with van der Waals surface area (Å²) in [7, 11) is 1.70. The lowest BCUT2D eigenvalue weighted by Gasteiger charge is -2.16. The van der Waals surface area contributed by atoms with Crippen LogP contribution in [-0.4, -0.2) is 27.7 Å². The Morgan fingerprint density at radius 2 is 1.92 bits per heavy atom. The summed E-state index contributed by atoms with van der Waals surface area (Å²) in [4.78, 5) is 18.6. The molecule has 1 heterocycles. The molecule has 0 spiro atoms. The van der Waals surface area contributed by atoms with Gasteiger partial charge in [-0.15, -0.1) is 5.10 Å². The summed E-state index contributed by atoms with van der Waals surface area (Å²) in [6.45, 7) is 3.76. The van der Waals surface area contributed by atoms with Crippen molar-refractivity contribution in [2.24, 2.45) is 0 Å². The molecule has 0 radical (unpaired) electrons. The standard InChI is InChI=1S/C18H16BrClN4O/c1-11-10-13(8-9-14(11)19)23(3)18(25)17-21-12(2)24(22-17)16-7-5-4-6-15(16)20/h4-10H,1-3H3. The highest BCUT2D eigenvalue weighted by Crippen LogP contribution is 2.24. The lowest BCUT2D eigenvalue weighted by atomic mass is 10.2. The molecule has 0 aliphatic rings. The molecule has 3 rings (SSSR count). The molecule has 0 aliphatic carbocycles. The zero-order valence-electron chi connectivity index (χ0n) is 14.0. The number of hydrogen-bond acceptors (Lipinski definition) is 3. The van der Waals surface area contributed by atoms with Crippen molar-refractivity contribution in [1.29, 1.82) is 0 Å². The molecule has 0 unspecified atom stereocenters. The number of aryl methyl sites for hydroxylation is 2. The molecule has 128 valence electrons. The highest BCUT2D eigenvalue weighted by molar-refractivity contribution is 9.10. The third-order valence-electron chi connectivity index (χ3n) is 3.87. The first-order valence-corrected chi connectivity index (χ1v) is 8.78. The monoisotopic (exact) mass is 418 g/mol. The Bertz CT molecular complexity index is 954. The Labute approximate surface area is 159 Å². The van der Waals surface area contributed by atoms with Gasteiger partial charge in [-0.05, 0) is 49.7 Å². The van der Waals surface area contributed by atoms with Gasteiger partial charge in [-0.25, -0.2) is 9.67 Å². The first-order chi connectivity index (χ1) is 11.9. The number of hydrogen-bond donors (Lipinski definition) is 0. The van der Waals surface area contributed by atoms with Crippen LogP contribution < -0.4 is 4.90 Å². The van der Waals surface area contributed by atoms with Crippen LogP contribution in [0.25, 0.3) is 5.69 Å². The van der Waals surface area contributed by atoms with Gasteiger partial charge in [-0.3, -0.25) is 4.79 Å². The molecule has 1 aromatic heterocycles. The summed E-state index contributed by atoms with van der Waals surface area (Å²) >= 11 is 9.68. The van der Waals surface area contributed by atoms with E-state index in [1.807, 2.05) is 43.3 Å². The van der Waals surface area contributed by atoms with E-state index in [2.05, 4.69) is 26.0 Å². The maximum Gasteiger partial charge on any atom is 0.297 e. The molecule has 0 N–H and O–H groups in total. The van der Waals surface area contributed by atoms with E-state index >= 15 is 0 Å². The van der Waals surface area contributed by atoms with Crippen LogP contribution in [-0.2, 0) is 0 Å². The third kappa shape index (κ3) is 3.45. The zero-order chi connectivity index (χ0) is 18.1. The molecule has 3 aromatic rings. The van der Waals surface area contributed by atoms with Gasteiger partial charge in [0.25, 0.3) is 5.91 Å². The molecular formula is C18H16BrClN4O. The molecule has 2 aromatic carbocycles. The second kappa shape index (κ2) is 6.98. The topological polar surface area (TPSA) is 51.0 Å². The minimum absolute atomic E-state index is 0.125. The van der Waals surface area contributed by atoms with Gasteiger partial charge >= 0.3 is 0 Å². The van der Waals surface area contributed by atoms with E-state index in [0.29, 0.717) is 16.5 Å². The van der Waals surface area contributed by atoms with E-state index in [9.17, 15) is 4.79 Å². The molecule has 0 aliphatic heterocycles. The Hall–Kier alpha value is -2.18. The minimum atomic E-state index is -0.282. The maximum atomic E-state index is 12.8. The Balaban J connectivity index is 1.94. The average Bonchev–Trinajstić information content (AvgIpc) is 2.98. The van der Waals surface area contributed by atoms with Gasteiger partial charge in [-0.2, -0.15) is 0 Å². The highest BCUT2D eigenvalue weighted by Gasteiger charge is 2.21. The maximum absolute atomic E-state index is 12.8. The lowest BCUT2D eigenvalue weighted by molar-refractivity contribution is 0.0983. The van der Waals surface area contributed by atoms with Crippen LogP contribution in [0, 0.1) is 13.8 Å². The van der Waals surface area contributed by atoms with Crippen LogP contribution in [0.4, 0.5) is 5.69 Å². The summed E-state index contributed by atoms with van der Waals surface area (Å²) in [6.07, 6.45) is 0. The molecule has 0 bridgehead atoms. The third-order valence-corrected chi connectivity index (χ3v) is 5.08. The van der Waals surface area contributed by atoms with Gasteiger partial charge in [0.15, 0.2) is 0 Å². The number of carbonyl (C=O) groups is 1. The molecule has 5 nitrogen and oxygen atoms in total. The predicted molar refractivity (Wildman–Crippen MR) is 103 cm³/mol. The lowest BCUT2D eigenvalue weighted by Crippen LogP contribution is -2.27. The van der Waals surface area contributed by atoms with Gasteiger partial charge in [-0.1, -0.05) is 39.7 Å². The number of halogens is 2. The predicted octanol–water partition coefficient (Wildman–Crippen LogP) is 4.58. The first-order valence-electron chi connectivity index (χ1n) is 7.61. The first kappa shape index (κ1) is 17.6. The van der Waals surface area contributed by atoms with Crippen molar-refractivity contribution in [3.05, 3.63) is 69.2 Å². The number of anilines is 1. The van der Waals surface area contributed by atoms with Crippen LogP contribution in [0.1, 0.15) is 22.0 Å². The van der Waals surface area contributed by atoms with E-state index in [1.54, 1.807) is 24.7 Å². The number of aromatic nitrogens is 3. The van der Waals surface area contributed by atoms with Crippen LogP contribution in [0.15, 0.2) is 46.9 Å². The smallest absolute Gasteiger partial charge is 0.297 e. The van der Waals surface area contributed by atoms with E-state index in [1.165, 1.54) is 4.90 Å². The summed E-state index contributed by atoms with van der Waals surface area (Å²) in [6, 6.07) is 13.0. The molecule has 7 heteroatoms. The Morgan fingerprint density at radius 1 is 1.20 bits per heavy atom. The zero-order valence-corrected chi connectivity index (χ0v) is 16.3.